The van der Waals surface area contributed by atoms with Crippen molar-refractivity contribution in [3.05, 3.63) is 0 Å². The van der Waals surface area contributed by atoms with Gasteiger partial charge in [-0.2, -0.15) is 0 Å². The van der Waals surface area contributed by atoms with E-state index in [9.17, 15) is 9.59 Å². The van der Waals surface area contributed by atoms with Crippen molar-refractivity contribution in [2.75, 3.05) is 19.6 Å². The van der Waals surface area contributed by atoms with Crippen LogP contribution in [0, 0.1) is 11.3 Å². The number of hydrogen-bond acceptors (Lipinski definition) is 3. The topological polar surface area (TPSA) is 61.4 Å². The molecule has 5 nitrogen and oxygen atoms in total. The Morgan fingerprint density at radius 3 is 2.70 bits per heavy atom. The van der Waals surface area contributed by atoms with Crippen molar-refractivity contribution >= 4 is 11.8 Å². The first-order valence-electron chi connectivity index (χ1n) is 7.85. The number of amides is 2. The SMILES string of the molecule is CC(C)N1CCC(NC(=O)C2CC23CCNCC3)C1=O. The number of carbonyl (C=O) groups is 2. The minimum absolute atomic E-state index is 0.0911. The Bertz CT molecular complexity index is 415. The van der Waals surface area contributed by atoms with Gasteiger partial charge >= 0.3 is 0 Å². The van der Waals surface area contributed by atoms with Gasteiger partial charge < -0.3 is 15.5 Å². The van der Waals surface area contributed by atoms with E-state index in [1.54, 1.807) is 0 Å². The second kappa shape index (κ2) is 5.02. The summed E-state index contributed by atoms with van der Waals surface area (Å²) >= 11 is 0. The van der Waals surface area contributed by atoms with Crippen LogP contribution in [0.15, 0.2) is 0 Å². The van der Waals surface area contributed by atoms with E-state index in [1.807, 2.05) is 18.7 Å². The van der Waals surface area contributed by atoms with Gasteiger partial charge in [0.25, 0.3) is 0 Å². The van der Waals surface area contributed by atoms with Crippen molar-refractivity contribution in [1.82, 2.24) is 15.5 Å². The number of nitrogens with zero attached hydrogens (tertiary/aromatic N) is 1. The lowest BCUT2D eigenvalue weighted by atomic mass is 9.91. The zero-order chi connectivity index (χ0) is 14.3. The molecule has 2 unspecified atom stereocenters. The van der Waals surface area contributed by atoms with Crippen LogP contribution in [-0.2, 0) is 9.59 Å². The standard InChI is InChI=1S/C15H25N3O2/c1-10(2)18-8-3-12(14(18)20)17-13(19)11-9-15(11)4-6-16-7-5-15/h10-12,16H,3-9H2,1-2H3,(H,17,19). The lowest BCUT2D eigenvalue weighted by molar-refractivity contribution is -0.134. The van der Waals surface area contributed by atoms with Crippen molar-refractivity contribution in [3.63, 3.8) is 0 Å². The fourth-order valence-electron chi connectivity index (χ4n) is 3.82. The summed E-state index contributed by atoms with van der Waals surface area (Å²) in [6.07, 6.45) is 3.96. The molecule has 1 saturated carbocycles. The molecule has 2 N–H and O–H groups in total. The van der Waals surface area contributed by atoms with Gasteiger partial charge in [0.05, 0.1) is 0 Å². The van der Waals surface area contributed by atoms with Crippen molar-refractivity contribution in [2.45, 2.75) is 51.6 Å². The largest absolute Gasteiger partial charge is 0.344 e. The van der Waals surface area contributed by atoms with E-state index in [2.05, 4.69) is 10.6 Å². The van der Waals surface area contributed by atoms with Crippen LogP contribution in [0.3, 0.4) is 0 Å². The van der Waals surface area contributed by atoms with Gasteiger partial charge in [0.2, 0.25) is 11.8 Å². The lowest BCUT2D eigenvalue weighted by Crippen LogP contribution is -2.44. The average Bonchev–Trinajstić information content (AvgIpc) is 2.98. The first-order valence-corrected chi connectivity index (χ1v) is 7.85. The van der Waals surface area contributed by atoms with E-state index in [-0.39, 0.29) is 35.2 Å². The third kappa shape index (κ3) is 2.32. The second-order valence-electron chi connectivity index (χ2n) is 6.84. The maximum absolute atomic E-state index is 12.4. The van der Waals surface area contributed by atoms with Crippen molar-refractivity contribution in [2.24, 2.45) is 11.3 Å². The predicted molar refractivity (Wildman–Crippen MR) is 76.0 cm³/mol. The van der Waals surface area contributed by atoms with Crippen molar-refractivity contribution in [1.29, 1.82) is 0 Å². The number of carbonyl (C=O) groups excluding carboxylic acids is 2. The van der Waals surface area contributed by atoms with Crippen LogP contribution < -0.4 is 10.6 Å². The zero-order valence-electron chi connectivity index (χ0n) is 12.4. The Labute approximate surface area is 120 Å². The highest BCUT2D eigenvalue weighted by molar-refractivity contribution is 5.91. The van der Waals surface area contributed by atoms with Crippen molar-refractivity contribution in [3.8, 4) is 0 Å². The number of nitrogens with one attached hydrogen (secondary N) is 2. The van der Waals surface area contributed by atoms with Gasteiger partial charge in [0, 0.05) is 18.5 Å². The molecule has 2 aliphatic heterocycles. The van der Waals surface area contributed by atoms with Gasteiger partial charge in [-0.3, -0.25) is 9.59 Å². The fraction of sp³-hybridized carbons (Fsp3) is 0.867. The Morgan fingerprint density at radius 2 is 2.10 bits per heavy atom. The predicted octanol–water partition coefficient (Wildman–Crippen LogP) is 0.502. The highest BCUT2D eigenvalue weighted by atomic mass is 16.2. The number of hydrogen-bond donors (Lipinski definition) is 2. The Morgan fingerprint density at radius 1 is 1.40 bits per heavy atom. The van der Waals surface area contributed by atoms with Gasteiger partial charge in [0.1, 0.15) is 6.04 Å². The van der Waals surface area contributed by atoms with Crippen LogP contribution >= 0.6 is 0 Å². The van der Waals surface area contributed by atoms with Gasteiger partial charge in [0.15, 0.2) is 0 Å². The molecule has 0 radical (unpaired) electrons. The molecule has 0 bridgehead atoms. The minimum Gasteiger partial charge on any atom is -0.344 e. The Hall–Kier alpha value is -1.10. The summed E-state index contributed by atoms with van der Waals surface area (Å²) in [5.74, 6) is 0.342. The smallest absolute Gasteiger partial charge is 0.245 e. The molecule has 0 aromatic rings. The van der Waals surface area contributed by atoms with E-state index >= 15 is 0 Å². The molecule has 5 heteroatoms. The highest BCUT2D eigenvalue weighted by Gasteiger charge is 2.58. The average molecular weight is 279 g/mol. The summed E-state index contributed by atoms with van der Waals surface area (Å²) in [6, 6.07) is -0.0645. The van der Waals surface area contributed by atoms with Gasteiger partial charge in [-0.05, 0) is 58.0 Å². The molecule has 3 fully saturated rings. The molecule has 0 aromatic heterocycles. The van der Waals surface area contributed by atoms with E-state index in [0.717, 1.165) is 45.3 Å². The molecular formula is C15H25N3O2. The maximum atomic E-state index is 12.4. The third-order valence-electron chi connectivity index (χ3n) is 5.29. The number of rotatable bonds is 3. The fourth-order valence-corrected chi connectivity index (χ4v) is 3.82. The molecule has 2 amide bonds. The van der Waals surface area contributed by atoms with Gasteiger partial charge in [-0.1, -0.05) is 0 Å². The molecule has 2 atom stereocenters. The van der Waals surface area contributed by atoms with Gasteiger partial charge in [-0.15, -0.1) is 0 Å². The summed E-state index contributed by atoms with van der Waals surface area (Å²) in [4.78, 5) is 26.4. The molecule has 1 aliphatic carbocycles. The Kier molecular flexibility index (Phi) is 3.48. The molecule has 2 saturated heterocycles. The second-order valence-corrected chi connectivity index (χ2v) is 6.84. The molecule has 20 heavy (non-hydrogen) atoms. The molecule has 3 aliphatic rings. The normalized spacial score (nSPS) is 31.9. The molecular weight excluding hydrogens is 254 g/mol. The molecule has 1 spiro atoms. The van der Waals surface area contributed by atoms with E-state index in [4.69, 9.17) is 0 Å². The van der Waals surface area contributed by atoms with Crippen LogP contribution in [0.2, 0.25) is 0 Å². The third-order valence-corrected chi connectivity index (χ3v) is 5.29. The lowest BCUT2D eigenvalue weighted by Gasteiger charge is -2.24. The highest BCUT2D eigenvalue weighted by Crippen LogP contribution is 2.58. The summed E-state index contributed by atoms with van der Waals surface area (Å²) in [5, 5.41) is 6.34. The quantitative estimate of drug-likeness (QED) is 0.791. The van der Waals surface area contributed by atoms with Crippen LogP contribution in [0.1, 0.15) is 39.5 Å². The van der Waals surface area contributed by atoms with E-state index in [1.165, 1.54) is 0 Å². The monoisotopic (exact) mass is 279 g/mol. The molecule has 2 heterocycles. The zero-order valence-corrected chi connectivity index (χ0v) is 12.4. The molecule has 112 valence electrons. The summed E-state index contributed by atoms with van der Waals surface area (Å²) < 4.78 is 0. The van der Waals surface area contributed by atoms with Gasteiger partial charge in [-0.25, -0.2) is 0 Å². The summed E-state index contributed by atoms with van der Waals surface area (Å²) in [7, 11) is 0. The first kappa shape index (κ1) is 13.9. The van der Waals surface area contributed by atoms with Crippen LogP contribution in [-0.4, -0.2) is 48.4 Å². The number of likely N-dealkylation sites (tertiary alicyclic amines) is 1. The molecule has 3 rings (SSSR count). The molecule has 0 aromatic carbocycles. The first-order chi connectivity index (χ1) is 9.53. The Balaban J connectivity index is 1.54. The number of piperidine rings is 1. The summed E-state index contributed by atoms with van der Waals surface area (Å²) in [6.45, 7) is 6.85. The minimum atomic E-state index is -0.288. The summed E-state index contributed by atoms with van der Waals surface area (Å²) in [5.41, 5.74) is 0.245. The van der Waals surface area contributed by atoms with E-state index < -0.39 is 0 Å². The van der Waals surface area contributed by atoms with E-state index in [0.29, 0.717) is 0 Å². The van der Waals surface area contributed by atoms with Crippen molar-refractivity contribution < 1.29 is 9.59 Å². The van der Waals surface area contributed by atoms with Crippen LogP contribution in [0.5, 0.6) is 0 Å². The van der Waals surface area contributed by atoms with Crippen LogP contribution in [0.25, 0.3) is 0 Å². The maximum Gasteiger partial charge on any atom is 0.245 e. The van der Waals surface area contributed by atoms with Crippen LogP contribution in [0.4, 0.5) is 0 Å².